The number of carboxylic acids is 1. The highest BCUT2D eigenvalue weighted by Gasteiger charge is 2.12. The topological polar surface area (TPSA) is 116 Å². The summed E-state index contributed by atoms with van der Waals surface area (Å²) in [7, 11) is 1.50. The second kappa shape index (κ2) is 5.31. The zero-order chi connectivity index (χ0) is 14.7. The summed E-state index contributed by atoms with van der Waals surface area (Å²) in [6, 6.07) is 6.17. The summed E-state index contributed by atoms with van der Waals surface area (Å²) in [6.07, 6.45) is 1.20. The number of carbonyl (C=O) groups is 2. The van der Waals surface area contributed by atoms with Crippen molar-refractivity contribution in [3.63, 3.8) is 0 Å². The normalized spacial score (nSPS) is 10.1. The lowest BCUT2D eigenvalue weighted by Gasteiger charge is -2.06. The van der Waals surface area contributed by atoms with Gasteiger partial charge in [-0.1, -0.05) is 0 Å². The average molecular weight is 276 g/mol. The molecular formula is C12H12N4O4. The standard InChI is InChI=1S/C12H12N4O4/c1-13-12(20)14-7-2-4-8(5-3-7)16-6-9(11(18)19)10(17)15-16/h2-6H,1H3,(H,15,17)(H,18,19)(H2,13,14,20). The smallest absolute Gasteiger partial charge is 0.342 e. The molecule has 2 amide bonds. The first-order chi connectivity index (χ1) is 9.51. The van der Waals surface area contributed by atoms with Crippen molar-refractivity contribution < 1.29 is 14.7 Å². The van der Waals surface area contributed by atoms with Crippen molar-refractivity contribution in [3.05, 3.63) is 46.4 Å². The molecule has 0 saturated carbocycles. The van der Waals surface area contributed by atoms with Gasteiger partial charge in [-0.15, -0.1) is 0 Å². The van der Waals surface area contributed by atoms with E-state index in [1.54, 1.807) is 24.3 Å². The van der Waals surface area contributed by atoms with Crippen LogP contribution in [0.1, 0.15) is 10.4 Å². The Kier molecular flexibility index (Phi) is 3.56. The molecule has 0 radical (unpaired) electrons. The van der Waals surface area contributed by atoms with Gasteiger partial charge in [0.25, 0.3) is 5.56 Å². The van der Waals surface area contributed by atoms with E-state index in [1.165, 1.54) is 17.9 Å². The molecule has 0 aliphatic rings. The van der Waals surface area contributed by atoms with Crippen LogP contribution in [0.2, 0.25) is 0 Å². The molecule has 0 aliphatic carbocycles. The fourth-order valence-corrected chi connectivity index (χ4v) is 1.58. The van der Waals surface area contributed by atoms with Gasteiger partial charge in [0.05, 0.1) is 5.69 Å². The Labute approximate surface area is 113 Å². The van der Waals surface area contributed by atoms with Crippen LogP contribution in [0.15, 0.2) is 35.3 Å². The Morgan fingerprint density at radius 1 is 1.25 bits per heavy atom. The molecule has 8 nitrogen and oxygen atoms in total. The van der Waals surface area contributed by atoms with Gasteiger partial charge in [0.1, 0.15) is 5.56 Å². The number of nitrogens with zero attached hydrogens (tertiary/aromatic N) is 1. The van der Waals surface area contributed by atoms with Gasteiger partial charge in [-0.3, -0.25) is 14.6 Å². The van der Waals surface area contributed by atoms with E-state index in [0.29, 0.717) is 11.4 Å². The molecule has 1 aromatic heterocycles. The van der Waals surface area contributed by atoms with Gasteiger partial charge in [-0.2, -0.15) is 0 Å². The van der Waals surface area contributed by atoms with Crippen LogP contribution in [0, 0.1) is 0 Å². The van der Waals surface area contributed by atoms with Crippen molar-refractivity contribution >= 4 is 17.7 Å². The zero-order valence-electron chi connectivity index (χ0n) is 10.5. The Hall–Kier alpha value is -3.03. The highest BCUT2D eigenvalue weighted by atomic mass is 16.4. The molecule has 20 heavy (non-hydrogen) atoms. The van der Waals surface area contributed by atoms with Crippen LogP contribution in [0.25, 0.3) is 5.69 Å². The van der Waals surface area contributed by atoms with E-state index in [2.05, 4.69) is 15.7 Å². The molecule has 0 bridgehead atoms. The van der Waals surface area contributed by atoms with Crippen molar-refractivity contribution in [1.29, 1.82) is 0 Å². The molecule has 0 aliphatic heterocycles. The van der Waals surface area contributed by atoms with Crippen molar-refractivity contribution in [1.82, 2.24) is 15.1 Å². The number of nitrogens with one attached hydrogen (secondary N) is 3. The Morgan fingerprint density at radius 3 is 2.40 bits per heavy atom. The Morgan fingerprint density at radius 2 is 1.90 bits per heavy atom. The van der Waals surface area contributed by atoms with E-state index >= 15 is 0 Å². The minimum Gasteiger partial charge on any atom is -0.477 e. The molecule has 1 aromatic carbocycles. The lowest BCUT2D eigenvalue weighted by Crippen LogP contribution is -2.24. The molecular weight excluding hydrogens is 264 g/mol. The van der Waals surface area contributed by atoms with Crippen LogP contribution in [0.5, 0.6) is 0 Å². The lowest BCUT2D eigenvalue weighted by molar-refractivity contribution is 0.0695. The fourth-order valence-electron chi connectivity index (χ4n) is 1.58. The number of H-pyrrole nitrogens is 1. The van der Waals surface area contributed by atoms with E-state index < -0.39 is 11.5 Å². The average Bonchev–Trinajstić information content (AvgIpc) is 2.81. The maximum absolute atomic E-state index is 11.4. The summed E-state index contributed by atoms with van der Waals surface area (Å²) in [5.41, 5.74) is 0.126. The van der Waals surface area contributed by atoms with E-state index in [1.807, 2.05) is 0 Å². The molecule has 0 unspecified atom stereocenters. The number of amides is 2. The minimum absolute atomic E-state index is 0.336. The van der Waals surface area contributed by atoms with Crippen molar-refractivity contribution in [3.8, 4) is 5.69 Å². The molecule has 2 rings (SSSR count). The highest BCUT2D eigenvalue weighted by Crippen LogP contribution is 2.12. The summed E-state index contributed by atoms with van der Waals surface area (Å²) in [6.45, 7) is 0. The number of benzene rings is 1. The molecule has 0 fully saturated rings. The van der Waals surface area contributed by atoms with Crippen LogP contribution >= 0.6 is 0 Å². The SMILES string of the molecule is CNC(=O)Nc1ccc(-n2cc(C(=O)O)c(=O)[nH]2)cc1. The van der Waals surface area contributed by atoms with Crippen molar-refractivity contribution in [2.45, 2.75) is 0 Å². The Balaban J connectivity index is 2.26. The minimum atomic E-state index is -1.29. The van der Waals surface area contributed by atoms with Crippen molar-refractivity contribution in [2.24, 2.45) is 0 Å². The van der Waals surface area contributed by atoms with Gasteiger partial charge in [0.15, 0.2) is 0 Å². The summed E-state index contributed by atoms with van der Waals surface area (Å²) >= 11 is 0. The van der Waals surface area contributed by atoms with Crippen LogP contribution in [0.4, 0.5) is 10.5 Å². The van der Waals surface area contributed by atoms with Crippen molar-refractivity contribution in [2.75, 3.05) is 12.4 Å². The van der Waals surface area contributed by atoms with Gasteiger partial charge in [0, 0.05) is 18.9 Å². The number of carboxylic acid groups (broad SMARTS) is 1. The predicted octanol–water partition coefficient (Wildman–Crippen LogP) is 0.615. The van der Waals surface area contributed by atoms with Gasteiger partial charge >= 0.3 is 12.0 Å². The van der Waals surface area contributed by atoms with Gasteiger partial charge in [0.2, 0.25) is 0 Å². The van der Waals surface area contributed by atoms with Crippen LogP contribution in [-0.4, -0.2) is 33.9 Å². The van der Waals surface area contributed by atoms with Crippen LogP contribution < -0.4 is 16.2 Å². The summed E-state index contributed by atoms with van der Waals surface area (Å²) in [5.74, 6) is -1.29. The summed E-state index contributed by atoms with van der Waals surface area (Å²) < 4.78 is 1.30. The van der Waals surface area contributed by atoms with Gasteiger partial charge in [-0.25, -0.2) is 9.59 Å². The molecule has 0 saturated heterocycles. The molecule has 4 N–H and O–H groups in total. The molecule has 1 heterocycles. The highest BCUT2D eigenvalue weighted by molar-refractivity contribution is 5.89. The zero-order valence-corrected chi connectivity index (χ0v) is 10.5. The quantitative estimate of drug-likeness (QED) is 0.657. The number of rotatable bonds is 3. The second-order valence-electron chi connectivity index (χ2n) is 3.91. The largest absolute Gasteiger partial charge is 0.477 e. The lowest BCUT2D eigenvalue weighted by atomic mass is 10.3. The summed E-state index contributed by atoms with van der Waals surface area (Å²) in [5, 5.41) is 16.2. The van der Waals surface area contributed by atoms with E-state index in [-0.39, 0.29) is 11.6 Å². The summed E-state index contributed by atoms with van der Waals surface area (Å²) in [4.78, 5) is 33.3. The number of anilines is 1. The van der Waals surface area contributed by atoms with E-state index in [4.69, 9.17) is 5.11 Å². The number of hydrogen-bond donors (Lipinski definition) is 4. The maximum Gasteiger partial charge on any atom is 0.342 e. The second-order valence-corrected chi connectivity index (χ2v) is 3.91. The predicted molar refractivity (Wildman–Crippen MR) is 71.4 cm³/mol. The number of hydrogen-bond acceptors (Lipinski definition) is 3. The number of aromatic carboxylic acids is 1. The first-order valence-electron chi connectivity index (χ1n) is 5.65. The van der Waals surface area contributed by atoms with Gasteiger partial charge < -0.3 is 15.7 Å². The maximum atomic E-state index is 11.4. The monoisotopic (exact) mass is 276 g/mol. The Bertz CT molecular complexity index is 699. The van der Waals surface area contributed by atoms with Crippen LogP contribution in [-0.2, 0) is 0 Å². The van der Waals surface area contributed by atoms with Crippen LogP contribution in [0.3, 0.4) is 0 Å². The van der Waals surface area contributed by atoms with E-state index in [9.17, 15) is 14.4 Å². The molecule has 2 aromatic rings. The third-order valence-corrected chi connectivity index (χ3v) is 2.59. The number of urea groups is 1. The number of aromatic nitrogens is 2. The third kappa shape index (κ3) is 2.69. The molecule has 8 heteroatoms. The first-order valence-corrected chi connectivity index (χ1v) is 5.65. The molecule has 0 atom stereocenters. The number of carbonyl (C=O) groups excluding carboxylic acids is 1. The molecule has 0 spiro atoms. The number of aromatic amines is 1. The fraction of sp³-hybridized carbons (Fsp3) is 0.0833. The first kappa shape index (κ1) is 13.4. The molecule has 104 valence electrons. The third-order valence-electron chi connectivity index (χ3n) is 2.59. The van der Waals surface area contributed by atoms with E-state index in [0.717, 1.165) is 0 Å². The van der Waals surface area contributed by atoms with Gasteiger partial charge in [-0.05, 0) is 24.3 Å².